The molecule has 1 aliphatic rings. The van der Waals surface area contributed by atoms with E-state index in [-0.39, 0.29) is 6.42 Å². The molecule has 0 spiro atoms. The third-order valence-electron chi connectivity index (χ3n) is 4.51. The Morgan fingerprint density at radius 1 is 1.08 bits per heavy atom. The number of carbonyl (C=O) groups is 3. The predicted molar refractivity (Wildman–Crippen MR) is 86.9 cm³/mol. The molecule has 0 aromatic heterocycles. The van der Waals surface area contributed by atoms with Crippen molar-refractivity contribution in [2.45, 2.75) is 84.0 Å². The zero-order chi connectivity index (χ0) is 18.2. The van der Waals surface area contributed by atoms with Crippen LogP contribution < -0.4 is 5.73 Å². The number of hydrogen-bond acceptors (Lipinski definition) is 6. The van der Waals surface area contributed by atoms with E-state index in [2.05, 4.69) is 0 Å². The number of carbonyl (C=O) groups excluding carboxylic acids is 2. The monoisotopic (exact) mass is 343 g/mol. The molecule has 1 saturated carbocycles. The molecule has 0 aromatic carbocycles. The highest BCUT2D eigenvalue weighted by Crippen LogP contribution is 2.39. The number of rotatable bonds is 9. The summed E-state index contributed by atoms with van der Waals surface area (Å²) < 4.78 is 10.4. The lowest BCUT2D eigenvalue weighted by Gasteiger charge is -2.37. The smallest absolute Gasteiger partial charge is 0.327 e. The molecule has 138 valence electrons. The van der Waals surface area contributed by atoms with Crippen molar-refractivity contribution in [2.75, 3.05) is 0 Å². The fourth-order valence-electron chi connectivity index (χ4n) is 3.06. The summed E-state index contributed by atoms with van der Waals surface area (Å²) in [6.07, 6.45) is 3.94. The van der Waals surface area contributed by atoms with Crippen LogP contribution in [0, 0.1) is 5.41 Å². The lowest BCUT2D eigenvalue weighted by molar-refractivity contribution is -0.194. The van der Waals surface area contributed by atoms with Crippen LogP contribution in [0.3, 0.4) is 0 Å². The Balaban J connectivity index is 2.77. The van der Waals surface area contributed by atoms with E-state index in [4.69, 9.17) is 15.2 Å². The summed E-state index contributed by atoms with van der Waals surface area (Å²) in [5.74, 6) is -2.33. The lowest BCUT2D eigenvalue weighted by atomic mass is 9.69. The molecule has 7 nitrogen and oxygen atoms in total. The van der Waals surface area contributed by atoms with Gasteiger partial charge in [-0.05, 0) is 25.7 Å². The molecule has 0 aromatic rings. The van der Waals surface area contributed by atoms with Crippen molar-refractivity contribution in [1.29, 1.82) is 0 Å². The second-order valence-electron chi connectivity index (χ2n) is 6.39. The van der Waals surface area contributed by atoms with Crippen LogP contribution >= 0.6 is 0 Å². The molecular weight excluding hydrogens is 314 g/mol. The molecule has 0 amide bonds. The van der Waals surface area contributed by atoms with Gasteiger partial charge in [0.05, 0.1) is 5.41 Å². The summed E-state index contributed by atoms with van der Waals surface area (Å²) in [6, 6.07) is -1.26. The van der Waals surface area contributed by atoms with Crippen LogP contribution in [0.2, 0.25) is 0 Å². The minimum atomic E-state index is -1.29. The maximum atomic E-state index is 12.4. The maximum absolute atomic E-state index is 12.4. The number of ether oxygens (including phenoxy) is 2. The Hall–Kier alpha value is -1.63. The summed E-state index contributed by atoms with van der Waals surface area (Å²) in [7, 11) is 0. The molecule has 0 bridgehead atoms. The molecule has 1 aliphatic carbocycles. The largest absolute Gasteiger partial charge is 0.481 e. The van der Waals surface area contributed by atoms with Crippen molar-refractivity contribution in [1.82, 2.24) is 0 Å². The second kappa shape index (κ2) is 9.61. The number of nitrogens with two attached hydrogens (primary N) is 1. The Morgan fingerprint density at radius 2 is 1.71 bits per heavy atom. The Labute approximate surface area is 142 Å². The second-order valence-corrected chi connectivity index (χ2v) is 6.39. The molecule has 3 N–H and O–H groups in total. The van der Waals surface area contributed by atoms with Gasteiger partial charge >= 0.3 is 17.9 Å². The van der Waals surface area contributed by atoms with Crippen molar-refractivity contribution in [3.63, 3.8) is 0 Å². The molecule has 0 radical (unpaired) electrons. The average molecular weight is 343 g/mol. The van der Waals surface area contributed by atoms with Gasteiger partial charge in [-0.2, -0.15) is 0 Å². The molecule has 0 saturated heterocycles. The van der Waals surface area contributed by atoms with E-state index in [0.29, 0.717) is 32.1 Å². The van der Waals surface area contributed by atoms with Crippen LogP contribution in [0.5, 0.6) is 0 Å². The minimum absolute atomic E-state index is 0.239. The van der Waals surface area contributed by atoms with Crippen molar-refractivity contribution in [3.05, 3.63) is 0 Å². The van der Waals surface area contributed by atoms with E-state index in [1.54, 1.807) is 0 Å². The van der Waals surface area contributed by atoms with Gasteiger partial charge in [0.15, 0.2) is 0 Å². The minimum Gasteiger partial charge on any atom is -0.481 e. The van der Waals surface area contributed by atoms with Crippen LogP contribution in [0.25, 0.3) is 0 Å². The maximum Gasteiger partial charge on any atom is 0.327 e. The Kier molecular flexibility index (Phi) is 8.18. The molecule has 1 rings (SSSR count). The summed E-state index contributed by atoms with van der Waals surface area (Å²) in [5, 5.41) is 9.59. The van der Waals surface area contributed by atoms with Crippen LogP contribution in [0.15, 0.2) is 0 Å². The van der Waals surface area contributed by atoms with E-state index < -0.39 is 35.7 Å². The number of carboxylic acids is 1. The van der Waals surface area contributed by atoms with E-state index in [9.17, 15) is 19.5 Å². The fraction of sp³-hybridized carbons (Fsp3) is 0.824. The number of esters is 2. The van der Waals surface area contributed by atoms with Crippen molar-refractivity contribution in [2.24, 2.45) is 11.1 Å². The van der Waals surface area contributed by atoms with Gasteiger partial charge in [-0.1, -0.05) is 33.1 Å². The van der Waals surface area contributed by atoms with E-state index in [0.717, 1.165) is 19.3 Å². The fourth-order valence-corrected chi connectivity index (χ4v) is 3.06. The van der Waals surface area contributed by atoms with E-state index in [1.807, 2.05) is 13.8 Å². The first-order chi connectivity index (χ1) is 11.4. The summed E-state index contributed by atoms with van der Waals surface area (Å²) in [6.45, 7) is 3.71. The molecule has 0 heterocycles. The molecular formula is C17H29NO6. The summed E-state index contributed by atoms with van der Waals surface area (Å²) >= 11 is 0. The zero-order valence-electron chi connectivity index (χ0n) is 14.6. The van der Waals surface area contributed by atoms with E-state index >= 15 is 0 Å². The van der Waals surface area contributed by atoms with Gasteiger partial charge in [0.25, 0.3) is 0 Å². The Morgan fingerprint density at radius 3 is 2.21 bits per heavy atom. The van der Waals surface area contributed by atoms with Gasteiger partial charge in [0.1, 0.15) is 6.04 Å². The van der Waals surface area contributed by atoms with Crippen LogP contribution in [0.4, 0.5) is 0 Å². The topological polar surface area (TPSA) is 116 Å². The third kappa shape index (κ3) is 5.19. The van der Waals surface area contributed by atoms with Gasteiger partial charge in [-0.15, -0.1) is 0 Å². The third-order valence-corrected chi connectivity index (χ3v) is 4.51. The van der Waals surface area contributed by atoms with E-state index in [1.165, 1.54) is 0 Å². The SMILES string of the molecule is CCCC(=O)OC(CCC)OC(=O)C(N)C1(C(=O)O)CCCCC1. The first kappa shape index (κ1) is 20.4. The highest BCUT2D eigenvalue weighted by atomic mass is 16.7. The predicted octanol–water partition coefficient (Wildman–Crippen LogP) is 2.36. The van der Waals surface area contributed by atoms with Crippen LogP contribution in [0.1, 0.15) is 71.6 Å². The number of hydrogen-bond donors (Lipinski definition) is 2. The first-order valence-electron chi connectivity index (χ1n) is 8.76. The van der Waals surface area contributed by atoms with Gasteiger partial charge in [0.2, 0.25) is 6.29 Å². The normalized spacial score (nSPS) is 19.1. The van der Waals surface area contributed by atoms with Gasteiger partial charge in [-0.25, -0.2) is 0 Å². The quantitative estimate of drug-likeness (QED) is 0.487. The number of carboxylic acid groups (broad SMARTS) is 1. The van der Waals surface area contributed by atoms with Gasteiger partial charge in [0, 0.05) is 12.8 Å². The molecule has 2 atom stereocenters. The van der Waals surface area contributed by atoms with Crippen LogP contribution in [-0.2, 0) is 23.9 Å². The molecule has 2 unspecified atom stereocenters. The van der Waals surface area contributed by atoms with Crippen molar-refractivity contribution in [3.8, 4) is 0 Å². The van der Waals surface area contributed by atoms with Crippen LogP contribution in [-0.4, -0.2) is 35.3 Å². The lowest BCUT2D eigenvalue weighted by Crippen LogP contribution is -2.54. The number of aliphatic carboxylic acids is 1. The summed E-state index contributed by atoms with van der Waals surface area (Å²) in [5.41, 5.74) is 4.67. The standard InChI is InChI=1S/C17H29NO6/c1-3-8-12(19)23-13(9-4-2)24-15(20)14(18)17(16(21)22)10-6-5-7-11-17/h13-14H,3-11,18H2,1-2H3,(H,21,22). The van der Waals surface area contributed by atoms with Crippen molar-refractivity contribution >= 4 is 17.9 Å². The average Bonchev–Trinajstić information content (AvgIpc) is 2.54. The van der Waals surface area contributed by atoms with Gasteiger partial charge < -0.3 is 20.3 Å². The summed E-state index contributed by atoms with van der Waals surface area (Å²) in [4.78, 5) is 35.7. The molecule has 0 aliphatic heterocycles. The molecule has 1 fully saturated rings. The Bertz CT molecular complexity index is 444. The first-order valence-corrected chi connectivity index (χ1v) is 8.76. The highest BCUT2D eigenvalue weighted by Gasteiger charge is 2.49. The molecule has 7 heteroatoms. The zero-order valence-corrected chi connectivity index (χ0v) is 14.6. The van der Waals surface area contributed by atoms with Crippen molar-refractivity contribution < 1.29 is 29.0 Å². The van der Waals surface area contributed by atoms with Gasteiger partial charge in [-0.3, -0.25) is 14.4 Å². The molecule has 24 heavy (non-hydrogen) atoms. The highest BCUT2D eigenvalue weighted by molar-refractivity contribution is 5.87.